The van der Waals surface area contributed by atoms with Crippen LogP contribution in [0.5, 0.6) is 0 Å². The van der Waals surface area contributed by atoms with Crippen LogP contribution in [0, 0.1) is 18.3 Å². The summed E-state index contributed by atoms with van der Waals surface area (Å²) in [6.45, 7) is 1.81. The average Bonchev–Trinajstić information content (AvgIpc) is 2.46. The Morgan fingerprint density at radius 3 is 2.55 bits per heavy atom. The molecule has 1 aromatic heterocycles. The van der Waals surface area contributed by atoms with Gasteiger partial charge in [0.2, 0.25) is 0 Å². The van der Waals surface area contributed by atoms with Gasteiger partial charge in [-0.3, -0.25) is 0 Å². The van der Waals surface area contributed by atoms with Crippen molar-refractivity contribution in [3.05, 3.63) is 47.2 Å². The molecule has 2 N–H and O–H groups in total. The molecular formula is C15H13N3O2. The minimum absolute atomic E-state index is 0.208. The lowest BCUT2D eigenvalue weighted by molar-refractivity contribution is 0.0601. The van der Waals surface area contributed by atoms with E-state index in [2.05, 4.69) is 15.8 Å². The first-order chi connectivity index (χ1) is 9.56. The second-order valence-corrected chi connectivity index (χ2v) is 4.25. The molecule has 5 nitrogen and oxygen atoms in total. The summed E-state index contributed by atoms with van der Waals surface area (Å²) in [5.41, 5.74) is 8.78. The highest BCUT2D eigenvalue weighted by molar-refractivity contribution is 5.90. The van der Waals surface area contributed by atoms with E-state index in [9.17, 15) is 10.1 Å². The van der Waals surface area contributed by atoms with Crippen LogP contribution in [0.3, 0.4) is 0 Å². The lowest BCUT2D eigenvalue weighted by atomic mass is 9.99. The number of rotatable bonds is 2. The van der Waals surface area contributed by atoms with E-state index < -0.39 is 5.97 Å². The number of nitriles is 1. The van der Waals surface area contributed by atoms with Crippen LogP contribution in [0.15, 0.2) is 30.3 Å². The standard InChI is InChI=1S/C15H13N3O2/c1-9-7-12(13(8-16)14(17)18-9)10-3-5-11(6-4-10)15(19)20-2/h3-7H,1-2H3,(H2,17,18). The number of nitrogen functional groups attached to an aromatic ring is 1. The molecule has 0 saturated carbocycles. The molecule has 0 amide bonds. The molecule has 2 rings (SSSR count). The predicted molar refractivity (Wildman–Crippen MR) is 74.9 cm³/mol. The molecule has 0 spiro atoms. The number of hydrogen-bond acceptors (Lipinski definition) is 5. The monoisotopic (exact) mass is 267 g/mol. The number of nitrogens with zero attached hydrogens (tertiary/aromatic N) is 2. The smallest absolute Gasteiger partial charge is 0.337 e. The number of nitrogens with two attached hydrogens (primary N) is 1. The fourth-order valence-electron chi connectivity index (χ4n) is 1.95. The summed E-state index contributed by atoms with van der Waals surface area (Å²) in [4.78, 5) is 15.5. The van der Waals surface area contributed by atoms with Gasteiger partial charge < -0.3 is 10.5 Å². The molecule has 20 heavy (non-hydrogen) atoms. The number of hydrogen-bond donors (Lipinski definition) is 1. The number of carbonyl (C=O) groups excluding carboxylic acids is 1. The normalized spacial score (nSPS) is 9.85. The first-order valence-corrected chi connectivity index (χ1v) is 5.92. The molecule has 0 aliphatic rings. The summed E-state index contributed by atoms with van der Waals surface area (Å²) < 4.78 is 4.64. The molecule has 0 bridgehead atoms. The maximum Gasteiger partial charge on any atom is 0.337 e. The Hall–Kier alpha value is -2.87. The van der Waals surface area contributed by atoms with Crippen molar-refractivity contribution >= 4 is 11.8 Å². The van der Waals surface area contributed by atoms with Gasteiger partial charge in [0, 0.05) is 11.3 Å². The van der Waals surface area contributed by atoms with Gasteiger partial charge in [0.1, 0.15) is 17.5 Å². The third kappa shape index (κ3) is 2.45. The van der Waals surface area contributed by atoms with E-state index in [1.54, 1.807) is 30.3 Å². The summed E-state index contributed by atoms with van der Waals surface area (Å²) in [7, 11) is 1.33. The number of anilines is 1. The van der Waals surface area contributed by atoms with Crippen LogP contribution in [0.4, 0.5) is 5.82 Å². The van der Waals surface area contributed by atoms with Gasteiger partial charge in [-0.2, -0.15) is 5.26 Å². The van der Waals surface area contributed by atoms with Crippen molar-refractivity contribution in [1.82, 2.24) is 4.98 Å². The topological polar surface area (TPSA) is 89.0 Å². The SMILES string of the molecule is COC(=O)c1ccc(-c2cc(C)nc(N)c2C#N)cc1. The first kappa shape index (κ1) is 13.6. The van der Waals surface area contributed by atoms with Crippen molar-refractivity contribution in [2.75, 3.05) is 12.8 Å². The zero-order chi connectivity index (χ0) is 14.7. The summed E-state index contributed by atoms with van der Waals surface area (Å²) in [6, 6.07) is 10.6. The number of pyridine rings is 1. The van der Waals surface area contributed by atoms with Crippen molar-refractivity contribution in [3.63, 3.8) is 0 Å². The lowest BCUT2D eigenvalue weighted by Crippen LogP contribution is -2.01. The molecule has 0 unspecified atom stereocenters. The number of aromatic nitrogens is 1. The Balaban J connectivity index is 2.52. The Bertz CT molecular complexity index is 700. The molecule has 5 heteroatoms. The minimum atomic E-state index is -0.400. The van der Waals surface area contributed by atoms with E-state index in [1.165, 1.54) is 7.11 Å². The Labute approximate surface area is 116 Å². The third-order valence-electron chi connectivity index (χ3n) is 2.90. The molecule has 2 aromatic rings. The Kier molecular flexibility index (Phi) is 3.67. The van der Waals surface area contributed by atoms with Gasteiger partial charge in [0.05, 0.1) is 12.7 Å². The summed E-state index contributed by atoms with van der Waals surface area (Å²) in [5.74, 6) is -0.193. The largest absolute Gasteiger partial charge is 0.465 e. The molecule has 0 atom stereocenters. The average molecular weight is 267 g/mol. The van der Waals surface area contributed by atoms with Gasteiger partial charge in [-0.25, -0.2) is 9.78 Å². The lowest BCUT2D eigenvalue weighted by Gasteiger charge is -2.08. The molecule has 1 heterocycles. The highest BCUT2D eigenvalue weighted by atomic mass is 16.5. The van der Waals surface area contributed by atoms with Gasteiger partial charge in [-0.05, 0) is 30.7 Å². The first-order valence-electron chi connectivity index (χ1n) is 5.92. The molecule has 0 aliphatic carbocycles. The van der Waals surface area contributed by atoms with Crippen LogP contribution in [-0.4, -0.2) is 18.1 Å². The van der Waals surface area contributed by atoms with Crippen molar-refractivity contribution in [3.8, 4) is 17.2 Å². The predicted octanol–water partition coefficient (Wildman–Crippen LogP) is 2.30. The molecule has 0 radical (unpaired) electrons. The van der Waals surface area contributed by atoms with Crippen molar-refractivity contribution in [1.29, 1.82) is 5.26 Å². The number of ether oxygens (including phenoxy) is 1. The summed E-state index contributed by atoms with van der Waals surface area (Å²) >= 11 is 0. The number of carbonyl (C=O) groups is 1. The van der Waals surface area contributed by atoms with Gasteiger partial charge in [0.15, 0.2) is 0 Å². The summed E-state index contributed by atoms with van der Waals surface area (Å²) in [5, 5.41) is 9.19. The van der Waals surface area contributed by atoms with Gasteiger partial charge in [-0.15, -0.1) is 0 Å². The van der Waals surface area contributed by atoms with Crippen molar-refractivity contribution < 1.29 is 9.53 Å². The zero-order valence-electron chi connectivity index (χ0n) is 11.2. The van der Waals surface area contributed by atoms with E-state index in [1.807, 2.05) is 6.92 Å². The Morgan fingerprint density at radius 1 is 1.35 bits per heavy atom. The van der Waals surface area contributed by atoms with Crippen LogP contribution >= 0.6 is 0 Å². The number of esters is 1. The Morgan fingerprint density at radius 2 is 2.00 bits per heavy atom. The van der Waals surface area contributed by atoms with Crippen LogP contribution in [0.25, 0.3) is 11.1 Å². The third-order valence-corrected chi connectivity index (χ3v) is 2.90. The van der Waals surface area contributed by atoms with E-state index in [0.717, 1.165) is 11.3 Å². The van der Waals surface area contributed by atoms with Gasteiger partial charge in [-0.1, -0.05) is 12.1 Å². The van der Waals surface area contributed by atoms with Crippen LogP contribution in [0.2, 0.25) is 0 Å². The fraction of sp³-hybridized carbons (Fsp3) is 0.133. The second kappa shape index (κ2) is 5.41. The van der Waals surface area contributed by atoms with Crippen molar-refractivity contribution in [2.24, 2.45) is 0 Å². The quantitative estimate of drug-likeness (QED) is 0.843. The molecule has 0 aliphatic heterocycles. The fourth-order valence-corrected chi connectivity index (χ4v) is 1.95. The molecule has 100 valence electrons. The van der Waals surface area contributed by atoms with Crippen molar-refractivity contribution in [2.45, 2.75) is 6.92 Å². The molecular weight excluding hydrogens is 254 g/mol. The van der Waals surface area contributed by atoms with Crippen LogP contribution in [-0.2, 0) is 4.74 Å². The molecule has 0 saturated heterocycles. The van der Waals surface area contributed by atoms with E-state index >= 15 is 0 Å². The maximum absolute atomic E-state index is 11.4. The van der Waals surface area contributed by atoms with E-state index in [-0.39, 0.29) is 5.82 Å². The van der Waals surface area contributed by atoms with Gasteiger partial charge >= 0.3 is 5.97 Å². The summed E-state index contributed by atoms with van der Waals surface area (Å²) in [6.07, 6.45) is 0. The highest BCUT2D eigenvalue weighted by Gasteiger charge is 2.12. The van der Waals surface area contributed by atoms with Gasteiger partial charge in [0.25, 0.3) is 0 Å². The van der Waals surface area contributed by atoms with E-state index in [0.29, 0.717) is 16.7 Å². The highest BCUT2D eigenvalue weighted by Crippen LogP contribution is 2.27. The van der Waals surface area contributed by atoms with Crippen LogP contribution in [0.1, 0.15) is 21.6 Å². The minimum Gasteiger partial charge on any atom is -0.465 e. The maximum atomic E-state index is 11.4. The molecule has 0 fully saturated rings. The number of benzene rings is 1. The van der Waals surface area contributed by atoms with E-state index in [4.69, 9.17) is 5.73 Å². The second-order valence-electron chi connectivity index (χ2n) is 4.25. The number of methoxy groups -OCH3 is 1. The zero-order valence-corrected chi connectivity index (χ0v) is 11.2. The molecule has 1 aromatic carbocycles. The van der Waals surface area contributed by atoms with Crippen LogP contribution < -0.4 is 5.73 Å². The number of aryl methyl sites for hydroxylation is 1.